The lowest BCUT2D eigenvalue weighted by Gasteiger charge is -2.14. The molecule has 3 heterocycles. The summed E-state index contributed by atoms with van der Waals surface area (Å²) in [4.78, 5) is 48.4. The second-order valence-electron chi connectivity index (χ2n) is 7.49. The molecule has 1 N–H and O–H groups in total. The van der Waals surface area contributed by atoms with E-state index in [1.165, 1.54) is 4.52 Å². The molecule has 1 aliphatic heterocycles. The van der Waals surface area contributed by atoms with Gasteiger partial charge in [0.05, 0.1) is 17.5 Å². The first-order chi connectivity index (χ1) is 14.0. The second kappa shape index (κ2) is 6.51. The highest BCUT2D eigenvalue weighted by atomic mass is 16.2. The molecule has 2 aromatic heterocycles. The second-order valence-corrected chi connectivity index (χ2v) is 7.49. The smallest absolute Gasteiger partial charge is 0.274 e. The Kier molecular flexibility index (Phi) is 3.94. The minimum Gasteiger partial charge on any atom is -0.274 e. The summed E-state index contributed by atoms with van der Waals surface area (Å²) < 4.78 is 1.21. The molecular weight excluding hydrogens is 370 g/mol. The zero-order chi connectivity index (χ0) is 20.1. The highest BCUT2D eigenvalue weighted by molar-refractivity contribution is 6.21. The molecule has 1 aliphatic carbocycles. The number of anilines is 1. The summed E-state index contributed by atoms with van der Waals surface area (Å²) in [6.07, 6.45) is 5.39. The Bertz CT molecular complexity index is 1200. The summed E-state index contributed by atoms with van der Waals surface area (Å²) >= 11 is 0. The average molecular weight is 389 g/mol. The molecule has 1 fully saturated rings. The van der Waals surface area contributed by atoms with Crippen LogP contribution in [0, 0.1) is 18.8 Å². The summed E-state index contributed by atoms with van der Waals surface area (Å²) in [6, 6.07) is 9.65. The van der Waals surface area contributed by atoms with Gasteiger partial charge in [0.1, 0.15) is 0 Å². The number of aryl methyl sites for hydroxylation is 1. The van der Waals surface area contributed by atoms with Crippen LogP contribution >= 0.6 is 0 Å². The zero-order valence-electron chi connectivity index (χ0n) is 15.8. The predicted octanol–water partition coefficient (Wildman–Crippen LogP) is 1.77. The van der Waals surface area contributed by atoms with Crippen molar-refractivity contribution in [3.05, 3.63) is 69.7 Å². The number of carbonyl (C=O) groups excluding carboxylic acids is 2. The van der Waals surface area contributed by atoms with E-state index in [1.54, 1.807) is 6.92 Å². The first-order valence-corrected chi connectivity index (χ1v) is 9.59. The standard InChI is InChI=1S/C21H19N5O3/c1-12-16(11-13-7-3-2-4-8-13)19(29)26-20(22-12)23-21(24-26)25-17(27)14-9-5-6-10-15(14)18(25)28/h2-8,14-15H,9-11H2,1H3,(H,22,23,24)/t14-,15-/m1/s1. The minimum absolute atomic E-state index is 0.0512. The van der Waals surface area contributed by atoms with E-state index >= 15 is 0 Å². The molecule has 29 heavy (non-hydrogen) atoms. The fraction of sp³-hybridized carbons (Fsp3) is 0.286. The van der Waals surface area contributed by atoms with Crippen LogP contribution < -0.4 is 10.5 Å². The minimum atomic E-state index is -0.360. The molecule has 2 aliphatic rings. The van der Waals surface area contributed by atoms with Crippen molar-refractivity contribution in [1.29, 1.82) is 0 Å². The molecule has 1 aromatic carbocycles. The number of nitrogens with zero attached hydrogens (tertiary/aromatic N) is 4. The van der Waals surface area contributed by atoms with Gasteiger partial charge >= 0.3 is 0 Å². The first kappa shape index (κ1) is 17.5. The van der Waals surface area contributed by atoms with Crippen molar-refractivity contribution in [3.63, 3.8) is 0 Å². The van der Waals surface area contributed by atoms with Gasteiger partial charge in [-0.3, -0.25) is 19.5 Å². The normalized spacial score (nSPS) is 21.2. The average Bonchev–Trinajstić information content (AvgIpc) is 3.25. The number of fused-ring (bicyclic) bond motifs is 2. The van der Waals surface area contributed by atoms with E-state index in [-0.39, 0.29) is 40.9 Å². The third-order valence-corrected chi connectivity index (χ3v) is 5.73. The molecule has 5 rings (SSSR count). The molecule has 8 nitrogen and oxygen atoms in total. The molecule has 0 spiro atoms. The lowest BCUT2D eigenvalue weighted by Crippen LogP contribution is -2.32. The van der Waals surface area contributed by atoms with E-state index in [0.29, 0.717) is 30.5 Å². The molecule has 0 bridgehead atoms. The van der Waals surface area contributed by atoms with Crippen LogP contribution in [0.1, 0.15) is 29.7 Å². The number of carbonyl (C=O) groups is 2. The van der Waals surface area contributed by atoms with E-state index in [0.717, 1.165) is 10.5 Å². The lowest BCUT2D eigenvalue weighted by molar-refractivity contribution is -0.122. The molecule has 3 aromatic rings. The van der Waals surface area contributed by atoms with Gasteiger partial charge in [0.2, 0.25) is 17.8 Å². The molecular formula is C21H19N5O3. The van der Waals surface area contributed by atoms with Crippen LogP contribution in [0.2, 0.25) is 0 Å². The molecule has 2 amide bonds. The summed E-state index contributed by atoms with van der Waals surface area (Å²) in [5.74, 6) is -1.08. The van der Waals surface area contributed by atoms with Gasteiger partial charge in [-0.15, -0.1) is 0 Å². The number of nitrogens with one attached hydrogen (secondary N) is 1. The molecule has 0 saturated carbocycles. The highest BCUT2D eigenvalue weighted by Gasteiger charge is 2.49. The third-order valence-electron chi connectivity index (χ3n) is 5.73. The molecule has 8 heteroatoms. The largest absolute Gasteiger partial charge is 0.277 e. The van der Waals surface area contributed by atoms with Gasteiger partial charge < -0.3 is 0 Å². The van der Waals surface area contributed by atoms with Gasteiger partial charge in [-0.1, -0.05) is 42.5 Å². The first-order valence-electron chi connectivity index (χ1n) is 9.59. The van der Waals surface area contributed by atoms with Gasteiger partial charge in [-0.2, -0.15) is 9.50 Å². The summed E-state index contributed by atoms with van der Waals surface area (Å²) in [6.45, 7) is 1.76. The van der Waals surface area contributed by atoms with Crippen LogP contribution in [0.5, 0.6) is 0 Å². The maximum atomic E-state index is 13.0. The van der Waals surface area contributed by atoms with Crippen LogP contribution in [0.3, 0.4) is 0 Å². The van der Waals surface area contributed by atoms with Gasteiger partial charge in [0, 0.05) is 12.0 Å². The molecule has 1 saturated heterocycles. The van der Waals surface area contributed by atoms with Gasteiger partial charge in [0.25, 0.3) is 11.3 Å². The van der Waals surface area contributed by atoms with Crippen molar-refractivity contribution in [1.82, 2.24) is 19.6 Å². The maximum absolute atomic E-state index is 13.0. The summed E-state index contributed by atoms with van der Waals surface area (Å²) in [5, 5.41) is 2.82. The van der Waals surface area contributed by atoms with Crippen molar-refractivity contribution in [2.24, 2.45) is 11.8 Å². The van der Waals surface area contributed by atoms with Crippen LogP contribution in [0.15, 0.2) is 47.3 Å². The number of aromatic nitrogens is 4. The predicted molar refractivity (Wildman–Crippen MR) is 105 cm³/mol. The molecule has 146 valence electrons. The fourth-order valence-corrected chi connectivity index (χ4v) is 4.16. The number of aromatic amines is 1. The van der Waals surface area contributed by atoms with Crippen molar-refractivity contribution < 1.29 is 9.59 Å². The highest BCUT2D eigenvalue weighted by Crippen LogP contribution is 2.36. The van der Waals surface area contributed by atoms with Crippen molar-refractivity contribution in [2.45, 2.75) is 26.2 Å². The SMILES string of the molecule is Cc1nc2nc(N3C(=O)[C@@H]4CC=CC[C@H]4C3=O)[nH]n2c(=O)c1Cc1ccccc1. The molecule has 0 unspecified atom stereocenters. The maximum Gasteiger partial charge on any atom is 0.277 e. The molecule has 2 atom stereocenters. The Labute approximate surface area is 165 Å². The molecule has 0 radical (unpaired) electrons. The Hall–Kier alpha value is -3.55. The van der Waals surface area contributed by atoms with Gasteiger partial charge in [-0.25, -0.2) is 9.88 Å². The number of H-pyrrole nitrogens is 1. The lowest BCUT2D eigenvalue weighted by atomic mass is 9.85. The monoisotopic (exact) mass is 389 g/mol. The van der Waals surface area contributed by atoms with Crippen molar-refractivity contribution in [2.75, 3.05) is 4.90 Å². The van der Waals surface area contributed by atoms with Gasteiger partial charge in [-0.05, 0) is 25.3 Å². The number of imide groups is 1. The zero-order valence-corrected chi connectivity index (χ0v) is 15.8. The Morgan fingerprint density at radius 1 is 1.00 bits per heavy atom. The summed E-state index contributed by atoms with van der Waals surface area (Å²) in [5.41, 5.74) is 1.83. The van der Waals surface area contributed by atoms with E-state index in [2.05, 4.69) is 15.1 Å². The Morgan fingerprint density at radius 2 is 1.66 bits per heavy atom. The van der Waals surface area contributed by atoms with E-state index in [9.17, 15) is 14.4 Å². The fourth-order valence-electron chi connectivity index (χ4n) is 4.16. The number of rotatable bonds is 3. The summed E-state index contributed by atoms with van der Waals surface area (Å²) in [7, 11) is 0. The van der Waals surface area contributed by atoms with E-state index in [4.69, 9.17) is 0 Å². The number of amides is 2. The quantitative estimate of drug-likeness (QED) is 0.544. The van der Waals surface area contributed by atoms with E-state index in [1.807, 2.05) is 42.5 Å². The van der Waals surface area contributed by atoms with Crippen LogP contribution in [-0.2, 0) is 16.0 Å². The number of benzene rings is 1. The third kappa shape index (κ3) is 2.71. The van der Waals surface area contributed by atoms with E-state index < -0.39 is 0 Å². The van der Waals surface area contributed by atoms with Gasteiger partial charge in [0.15, 0.2) is 0 Å². The van der Waals surface area contributed by atoms with Crippen LogP contribution in [0.25, 0.3) is 5.78 Å². The Balaban J connectivity index is 1.56. The van der Waals surface area contributed by atoms with Crippen LogP contribution in [-0.4, -0.2) is 31.4 Å². The van der Waals surface area contributed by atoms with Crippen molar-refractivity contribution in [3.8, 4) is 0 Å². The van der Waals surface area contributed by atoms with Crippen molar-refractivity contribution >= 4 is 23.5 Å². The van der Waals surface area contributed by atoms with Crippen LogP contribution in [0.4, 0.5) is 5.95 Å². The topological polar surface area (TPSA) is 100 Å². The number of hydrogen-bond donors (Lipinski definition) is 1. The number of allylic oxidation sites excluding steroid dienone is 2. The number of hydrogen-bond acceptors (Lipinski definition) is 5. The Morgan fingerprint density at radius 3 is 2.31 bits per heavy atom.